The molecule has 0 N–H and O–H groups in total. The maximum atomic E-state index is 13.6. The smallest absolute Gasteiger partial charge is 0.410 e. The molecule has 0 aromatic heterocycles. The van der Waals surface area contributed by atoms with Crippen LogP contribution in [-0.4, -0.2) is 54.1 Å². The van der Waals surface area contributed by atoms with Gasteiger partial charge >= 0.3 is 6.09 Å². The minimum Gasteiger partial charge on any atom is -0.449 e. The van der Waals surface area contributed by atoms with Crippen molar-refractivity contribution < 1.29 is 27.5 Å². The molecule has 1 aromatic rings. The van der Waals surface area contributed by atoms with E-state index >= 15 is 0 Å². The average Bonchev–Trinajstić information content (AvgIpc) is 2.66. The van der Waals surface area contributed by atoms with E-state index in [2.05, 4.69) is 0 Å². The van der Waals surface area contributed by atoms with Crippen LogP contribution in [0.25, 0.3) is 6.08 Å². The fraction of sp³-hybridized carbons (Fsp3) is 0.444. The number of likely N-dealkylation sites (tertiary alicyclic amines) is 1. The summed E-state index contributed by atoms with van der Waals surface area (Å²) in [6.45, 7) is 2.01. The van der Waals surface area contributed by atoms with Gasteiger partial charge in [0.05, 0.1) is 6.61 Å². The van der Waals surface area contributed by atoms with E-state index < -0.39 is 17.5 Å². The van der Waals surface area contributed by atoms with Crippen LogP contribution in [0, 0.1) is 17.5 Å². The van der Waals surface area contributed by atoms with Crippen LogP contribution in [0.5, 0.6) is 0 Å². The van der Waals surface area contributed by atoms with Gasteiger partial charge in [0.15, 0.2) is 17.5 Å². The molecule has 2 heterocycles. The molecule has 0 bridgehead atoms. The summed E-state index contributed by atoms with van der Waals surface area (Å²) in [5, 5.41) is 0. The highest BCUT2D eigenvalue weighted by Gasteiger charge is 2.31. The lowest BCUT2D eigenvalue weighted by Gasteiger charge is -2.39. The van der Waals surface area contributed by atoms with Crippen molar-refractivity contribution in [1.29, 1.82) is 0 Å². The van der Waals surface area contributed by atoms with Crippen molar-refractivity contribution in [2.45, 2.75) is 25.3 Å². The number of nitrogens with zero attached hydrogens (tertiary/aromatic N) is 2. The predicted octanol–water partition coefficient (Wildman–Crippen LogP) is 2.95. The number of ether oxygens (including phenoxy) is 1. The fourth-order valence-corrected chi connectivity index (χ4v) is 3.23. The van der Waals surface area contributed by atoms with Gasteiger partial charge in [-0.15, -0.1) is 0 Å². The lowest BCUT2D eigenvalue weighted by molar-refractivity contribution is -0.127. The van der Waals surface area contributed by atoms with E-state index in [9.17, 15) is 22.8 Å². The van der Waals surface area contributed by atoms with Crippen LogP contribution >= 0.6 is 0 Å². The maximum absolute atomic E-state index is 13.6. The molecule has 26 heavy (non-hydrogen) atoms. The van der Waals surface area contributed by atoms with Gasteiger partial charge in [0.1, 0.15) is 0 Å². The fourth-order valence-electron chi connectivity index (χ4n) is 3.23. The summed E-state index contributed by atoms with van der Waals surface area (Å²) in [6, 6.07) is 1.93. The van der Waals surface area contributed by atoms with Crippen molar-refractivity contribution >= 4 is 18.1 Å². The molecule has 1 aromatic carbocycles. The zero-order valence-corrected chi connectivity index (χ0v) is 14.1. The zero-order chi connectivity index (χ0) is 18.7. The second-order valence-corrected chi connectivity index (χ2v) is 6.32. The molecule has 5 nitrogen and oxygen atoms in total. The quantitative estimate of drug-likeness (QED) is 0.609. The number of benzene rings is 1. The summed E-state index contributed by atoms with van der Waals surface area (Å²) in [5.74, 6) is -4.50. The monoisotopic (exact) mass is 368 g/mol. The van der Waals surface area contributed by atoms with Crippen LogP contribution in [0.15, 0.2) is 18.2 Å². The molecule has 2 fully saturated rings. The molecular formula is C18H19F3N2O3. The van der Waals surface area contributed by atoms with Crippen LogP contribution in [0.4, 0.5) is 18.0 Å². The Morgan fingerprint density at radius 1 is 1.12 bits per heavy atom. The molecule has 0 saturated carbocycles. The van der Waals surface area contributed by atoms with Crippen molar-refractivity contribution in [2.75, 3.05) is 26.2 Å². The van der Waals surface area contributed by atoms with E-state index in [0.29, 0.717) is 39.1 Å². The summed E-state index contributed by atoms with van der Waals surface area (Å²) >= 11 is 0. The minimum atomic E-state index is -1.56. The number of hydrogen-bond acceptors (Lipinski definition) is 3. The van der Waals surface area contributed by atoms with Crippen LogP contribution < -0.4 is 0 Å². The van der Waals surface area contributed by atoms with Crippen molar-refractivity contribution in [2.24, 2.45) is 0 Å². The largest absolute Gasteiger partial charge is 0.449 e. The van der Waals surface area contributed by atoms with Gasteiger partial charge in [0.2, 0.25) is 5.91 Å². The van der Waals surface area contributed by atoms with Crippen LogP contribution in [0.2, 0.25) is 0 Å². The van der Waals surface area contributed by atoms with Crippen molar-refractivity contribution in [3.05, 3.63) is 41.2 Å². The van der Waals surface area contributed by atoms with E-state index in [-0.39, 0.29) is 23.6 Å². The second kappa shape index (κ2) is 7.80. The third kappa shape index (κ3) is 3.84. The van der Waals surface area contributed by atoms with Crippen molar-refractivity contribution in [3.63, 3.8) is 0 Å². The van der Waals surface area contributed by atoms with E-state index in [1.807, 2.05) is 0 Å². The molecule has 0 spiro atoms. The van der Waals surface area contributed by atoms with Gasteiger partial charge in [-0.3, -0.25) is 4.79 Å². The molecule has 0 aliphatic carbocycles. The van der Waals surface area contributed by atoms with E-state index in [0.717, 1.165) is 30.7 Å². The molecule has 2 saturated heterocycles. The SMILES string of the molecule is O=C(/C=C/c1ccc(F)c(F)c1F)N1CCC(N2CCCOC2=O)CC1. The van der Waals surface area contributed by atoms with Crippen LogP contribution in [0.3, 0.4) is 0 Å². The Morgan fingerprint density at radius 2 is 1.85 bits per heavy atom. The topological polar surface area (TPSA) is 49.9 Å². The highest BCUT2D eigenvalue weighted by Crippen LogP contribution is 2.21. The molecule has 0 atom stereocenters. The number of hydrogen-bond donors (Lipinski definition) is 0. The van der Waals surface area contributed by atoms with Crippen molar-refractivity contribution in [1.82, 2.24) is 9.80 Å². The summed E-state index contributed by atoms with van der Waals surface area (Å²) < 4.78 is 44.8. The maximum Gasteiger partial charge on any atom is 0.410 e. The molecule has 3 rings (SSSR count). The van der Waals surface area contributed by atoms with E-state index in [1.165, 1.54) is 0 Å². The first-order valence-corrected chi connectivity index (χ1v) is 8.51. The number of carbonyl (C=O) groups is 2. The van der Waals surface area contributed by atoms with Gasteiger partial charge in [-0.1, -0.05) is 0 Å². The molecule has 2 aliphatic heterocycles. The van der Waals surface area contributed by atoms with Crippen LogP contribution in [-0.2, 0) is 9.53 Å². The lowest BCUT2D eigenvalue weighted by Crippen LogP contribution is -2.50. The molecule has 0 radical (unpaired) electrons. The highest BCUT2D eigenvalue weighted by atomic mass is 19.2. The third-order valence-electron chi connectivity index (χ3n) is 4.69. The van der Waals surface area contributed by atoms with Gasteiger partial charge in [-0.05, 0) is 37.5 Å². The van der Waals surface area contributed by atoms with Gasteiger partial charge in [-0.2, -0.15) is 0 Å². The first-order valence-electron chi connectivity index (χ1n) is 8.51. The third-order valence-corrected chi connectivity index (χ3v) is 4.69. The van der Waals surface area contributed by atoms with Crippen molar-refractivity contribution in [3.8, 4) is 0 Å². The van der Waals surface area contributed by atoms with E-state index in [1.54, 1.807) is 9.80 Å². The van der Waals surface area contributed by atoms with Gasteiger partial charge in [-0.25, -0.2) is 18.0 Å². The number of amides is 2. The highest BCUT2D eigenvalue weighted by molar-refractivity contribution is 5.91. The number of halogens is 3. The van der Waals surface area contributed by atoms with Crippen LogP contribution in [0.1, 0.15) is 24.8 Å². The Morgan fingerprint density at radius 3 is 2.54 bits per heavy atom. The number of cyclic esters (lactones) is 1. The van der Waals surface area contributed by atoms with E-state index in [4.69, 9.17) is 4.74 Å². The normalized spacial score (nSPS) is 19.1. The predicted molar refractivity (Wildman–Crippen MR) is 87.6 cm³/mol. The number of piperidine rings is 1. The molecule has 2 aliphatic rings. The minimum absolute atomic E-state index is 0.0412. The lowest BCUT2D eigenvalue weighted by atomic mass is 10.0. The second-order valence-electron chi connectivity index (χ2n) is 6.32. The summed E-state index contributed by atoms with van der Waals surface area (Å²) in [7, 11) is 0. The summed E-state index contributed by atoms with van der Waals surface area (Å²) in [5.41, 5.74) is -0.191. The molecule has 0 unspecified atom stereocenters. The number of carbonyl (C=O) groups excluding carboxylic acids is 2. The first-order chi connectivity index (χ1) is 12.5. The Bertz CT molecular complexity index is 731. The summed E-state index contributed by atoms with van der Waals surface area (Å²) in [4.78, 5) is 27.3. The molecule has 140 valence electrons. The molecular weight excluding hydrogens is 349 g/mol. The standard InChI is InChI=1S/C18H19F3N2O3/c19-14-4-2-12(16(20)17(14)21)3-5-15(24)22-9-6-13(7-10-22)23-8-1-11-26-18(23)25/h2-5,13H,1,6-11H2/b5-3+. The van der Waals surface area contributed by atoms with Gasteiger partial charge in [0, 0.05) is 37.3 Å². The Kier molecular flexibility index (Phi) is 5.49. The zero-order valence-electron chi connectivity index (χ0n) is 14.1. The Balaban J connectivity index is 1.57. The van der Waals surface area contributed by atoms with Gasteiger partial charge < -0.3 is 14.5 Å². The first kappa shape index (κ1) is 18.3. The van der Waals surface area contributed by atoms with Gasteiger partial charge in [0.25, 0.3) is 0 Å². The molecule has 2 amide bonds. The summed E-state index contributed by atoms with van der Waals surface area (Å²) in [6.07, 6.45) is 4.03. The number of rotatable bonds is 3. The average molecular weight is 368 g/mol. The Labute approximate surface area is 149 Å². The molecule has 8 heteroatoms. The Hall–Kier alpha value is -2.51.